The van der Waals surface area contributed by atoms with Gasteiger partial charge in [-0.05, 0) is 47.5 Å². The third kappa shape index (κ3) is 4.63. The summed E-state index contributed by atoms with van der Waals surface area (Å²) in [4.78, 5) is 25.8. The molecule has 0 radical (unpaired) electrons. The van der Waals surface area contributed by atoms with E-state index in [1.54, 1.807) is 30.3 Å². The van der Waals surface area contributed by atoms with Gasteiger partial charge in [0.25, 0.3) is 0 Å². The first-order valence-corrected chi connectivity index (χ1v) is 10.7. The molecule has 0 unspecified atom stereocenters. The highest BCUT2D eigenvalue weighted by atomic mass is 16.5. The van der Waals surface area contributed by atoms with Crippen LogP contribution in [-0.4, -0.2) is 37.5 Å². The van der Waals surface area contributed by atoms with Crippen LogP contribution in [0.2, 0.25) is 0 Å². The zero-order valence-electron chi connectivity index (χ0n) is 19.4. The Morgan fingerprint density at radius 2 is 1.60 bits per heavy atom. The average Bonchev–Trinajstić information content (AvgIpc) is 2.88. The van der Waals surface area contributed by atoms with Gasteiger partial charge >= 0.3 is 5.97 Å². The van der Waals surface area contributed by atoms with E-state index in [1.165, 1.54) is 51.9 Å². The predicted molar refractivity (Wildman–Crippen MR) is 129 cm³/mol. The summed E-state index contributed by atoms with van der Waals surface area (Å²) in [5.41, 5.74) is 1.54. The van der Waals surface area contributed by atoms with Crippen LogP contribution in [0.1, 0.15) is 23.5 Å². The monoisotopic (exact) mass is 476 g/mol. The van der Waals surface area contributed by atoms with Crippen LogP contribution in [0, 0.1) is 0 Å². The fourth-order valence-electron chi connectivity index (χ4n) is 4.06. The number of fused-ring (bicyclic) bond motifs is 1. The molecule has 0 aliphatic carbocycles. The second kappa shape index (κ2) is 9.80. The van der Waals surface area contributed by atoms with Crippen LogP contribution in [0.25, 0.3) is 22.1 Å². The van der Waals surface area contributed by atoms with Crippen molar-refractivity contribution < 1.29 is 33.6 Å². The maximum atomic E-state index is 13.4. The van der Waals surface area contributed by atoms with Crippen molar-refractivity contribution in [3.05, 3.63) is 82.2 Å². The Labute approximate surface area is 200 Å². The number of aromatic hydroxyl groups is 2. The molecular formula is C27H24O8. The number of carbonyl (C=O) groups excluding carboxylic acids is 1. The third-order valence-electron chi connectivity index (χ3n) is 5.86. The zero-order chi connectivity index (χ0) is 25.1. The molecule has 180 valence electrons. The van der Waals surface area contributed by atoms with E-state index in [9.17, 15) is 19.8 Å². The number of methoxy groups -OCH3 is 3. The van der Waals surface area contributed by atoms with Crippen molar-refractivity contribution in [1.29, 1.82) is 0 Å². The highest BCUT2D eigenvalue weighted by Crippen LogP contribution is 2.41. The molecule has 0 fully saturated rings. The van der Waals surface area contributed by atoms with Crippen molar-refractivity contribution in [2.45, 2.75) is 12.3 Å². The van der Waals surface area contributed by atoms with Crippen molar-refractivity contribution >= 4 is 16.9 Å². The van der Waals surface area contributed by atoms with E-state index in [0.717, 1.165) is 0 Å². The van der Waals surface area contributed by atoms with Crippen LogP contribution >= 0.6 is 0 Å². The molecule has 3 aromatic carbocycles. The highest BCUT2D eigenvalue weighted by molar-refractivity contribution is 5.87. The maximum Gasteiger partial charge on any atom is 0.306 e. The van der Waals surface area contributed by atoms with Gasteiger partial charge in [0, 0.05) is 17.5 Å². The lowest BCUT2D eigenvalue weighted by Gasteiger charge is -2.21. The molecule has 0 amide bonds. The zero-order valence-corrected chi connectivity index (χ0v) is 19.4. The largest absolute Gasteiger partial charge is 0.508 e. The van der Waals surface area contributed by atoms with E-state index in [-0.39, 0.29) is 39.9 Å². The molecule has 1 atom stereocenters. The summed E-state index contributed by atoms with van der Waals surface area (Å²) < 4.78 is 21.6. The second-order valence-electron chi connectivity index (χ2n) is 7.88. The first-order chi connectivity index (χ1) is 16.9. The number of phenolic OH excluding ortho intramolecular Hbond substituents is 2. The Morgan fingerprint density at radius 3 is 2.20 bits per heavy atom. The number of rotatable bonds is 7. The molecule has 8 nitrogen and oxygen atoms in total. The van der Waals surface area contributed by atoms with Crippen LogP contribution in [0.5, 0.6) is 23.0 Å². The number of benzene rings is 3. The maximum absolute atomic E-state index is 13.4. The van der Waals surface area contributed by atoms with Gasteiger partial charge < -0.3 is 28.8 Å². The fraction of sp³-hybridized carbons (Fsp3) is 0.185. The first-order valence-electron chi connectivity index (χ1n) is 10.7. The standard InChI is InChI=1S/C27H24O8/c1-32-18-10-16(11-19(12-18)33-2)21(13-24(30)34-3)25-23(29)9-8-20-26(31)22(14-35-27(20)25)15-4-6-17(28)7-5-15/h4-12,14,21,28-29H,13H2,1-3H3/t21-/m0/s1. The van der Waals surface area contributed by atoms with Crippen LogP contribution in [0.3, 0.4) is 0 Å². The van der Waals surface area contributed by atoms with Gasteiger partial charge in [-0.15, -0.1) is 0 Å². The topological polar surface area (TPSA) is 115 Å². The lowest BCUT2D eigenvalue weighted by Crippen LogP contribution is -2.13. The molecule has 35 heavy (non-hydrogen) atoms. The quantitative estimate of drug-likeness (QED) is 0.372. The Bertz CT molecular complexity index is 1410. The van der Waals surface area contributed by atoms with E-state index in [2.05, 4.69) is 0 Å². The molecule has 0 spiro atoms. The molecular weight excluding hydrogens is 452 g/mol. The van der Waals surface area contributed by atoms with Crippen LogP contribution in [-0.2, 0) is 9.53 Å². The minimum absolute atomic E-state index is 0.0745. The number of hydrogen-bond donors (Lipinski definition) is 2. The van der Waals surface area contributed by atoms with Gasteiger partial charge in [-0.2, -0.15) is 0 Å². The van der Waals surface area contributed by atoms with Crippen LogP contribution in [0.15, 0.2) is 70.1 Å². The SMILES string of the molecule is COC(=O)C[C@@H](c1cc(OC)cc(OC)c1)c1c(O)ccc2c(=O)c(-c3ccc(O)cc3)coc12. The van der Waals surface area contributed by atoms with E-state index in [4.69, 9.17) is 18.6 Å². The summed E-state index contributed by atoms with van der Waals surface area (Å²) in [7, 11) is 4.29. The summed E-state index contributed by atoms with van der Waals surface area (Å²) in [5.74, 6) is -0.344. The normalized spacial score (nSPS) is 11.7. The molecule has 8 heteroatoms. The number of esters is 1. The average molecular weight is 476 g/mol. The summed E-state index contributed by atoms with van der Waals surface area (Å²) in [6.45, 7) is 0. The molecule has 1 aromatic heterocycles. The molecule has 2 N–H and O–H groups in total. The van der Waals surface area contributed by atoms with Crippen molar-refractivity contribution in [2.75, 3.05) is 21.3 Å². The molecule has 0 aliphatic heterocycles. The van der Waals surface area contributed by atoms with Crippen molar-refractivity contribution in [3.63, 3.8) is 0 Å². The van der Waals surface area contributed by atoms with Crippen molar-refractivity contribution in [1.82, 2.24) is 0 Å². The fourth-order valence-corrected chi connectivity index (χ4v) is 4.06. The highest BCUT2D eigenvalue weighted by Gasteiger charge is 2.27. The summed E-state index contributed by atoms with van der Waals surface area (Å²) >= 11 is 0. The van der Waals surface area contributed by atoms with Crippen LogP contribution in [0.4, 0.5) is 0 Å². The van der Waals surface area contributed by atoms with Gasteiger partial charge in [-0.1, -0.05) is 12.1 Å². The van der Waals surface area contributed by atoms with E-state index >= 15 is 0 Å². The molecule has 0 saturated heterocycles. The minimum atomic E-state index is -0.738. The van der Waals surface area contributed by atoms with Gasteiger partial charge in [-0.25, -0.2) is 0 Å². The number of phenols is 2. The Morgan fingerprint density at radius 1 is 0.943 bits per heavy atom. The van der Waals surface area contributed by atoms with Gasteiger partial charge in [0.05, 0.1) is 38.7 Å². The second-order valence-corrected chi connectivity index (χ2v) is 7.88. The Kier molecular flexibility index (Phi) is 6.64. The summed E-state index contributed by atoms with van der Waals surface area (Å²) in [6.07, 6.45) is 1.17. The molecule has 0 saturated carbocycles. The number of carbonyl (C=O) groups is 1. The molecule has 4 aromatic rings. The summed E-state index contributed by atoms with van der Waals surface area (Å²) in [6, 6.07) is 14.2. The summed E-state index contributed by atoms with van der Waals surface area (Å²) in [5, 5.41) is 20.7. The molecule has 0 aliphatic rings. The van der Waals surface area contributed by atoms with Gasteiger partial charge in [-0.3, -0.25) is 9.59 Å². The first kappa shape index (κ1) is 23.7. The predicted octanol–water partition coefficient (Wildman–Crippen LogP) is 4.58. The van der Waals surface area contributed by atoms with Gasteiger partial charge in [0.1, 0.15) is 34.8 Å². The van der Waals surface area contributed by atoms with Crippen molar-refractivity contribution in [2.24, 2.45) is 0 Å². The Hall–Kier alpha value is -4.46. The molecule has 4 rings (SSSR count). The third-order valence-corrected chi connectivity index (χ3v) is 5.86. The van der Waals surface area contributed by atoms with E-state index in [1.807, 2.05) is 0 Å². The Balaban J connectivity index is 1.96. The van der Waals surface area contributed by atoms with Crippen LogP contribution < -0.4 is 14.9 Å². The molecule has 1 heterocycles. The van der Waals surface area contributed by atoms with E-state index < -0.39 is 11.9 Å². The lowest BCUT2D eigenvalue weighted by molar-refractivity contribution is -0.140. The van der Waals surface area contributed by atoms with Gasteiger partial charge in [0.15, 0.2) is 0 Å². The minimum Gasteiger partial charge on any atom is -0.508 e. The van der Waals surface area contributed by atoms with Gasteiger partial charge in [0.2, 0.25) is 5.43 Å². The van der Waals surface area contributed by atoms with E-state index in [0.29, 0.717) is 28.2 Å². The number of ether oxygens (including phenoxy) is 3. The lowest BCUT2D eigenvalue weighted by atomic mass is 9.86. The van der Waals surface area contributed by atoms with Crippen molar-refractivity contribution in [3.8, 4) is 34.1 Å². The smallest absolute Gasteiger partial charge is 0.306 e. The number of hydrogen-bond acceptors (Lipinski definition) is 8. The molecule has 0 bridgehead atoms.